The SMILES string of the molecule is N#Cc1cccc(C2CC=CC=C2n2c3ccccc3c3cccc(C4=C5C(CC=C4)C4=C(CCC=C4)N5c4cc#ccc4)c32)c1. The fourth-order valence-electron chi connectivity index (χ4n) is 8.12. The van der Waals surface area contributed by atoms with E-state index in [-0.39, 0.29) is 5.92 Å². The molecule has 0 fully saturated rings. The topological polar surface area (TPSA) is 32.0 Å². The van der Waals surface area contributed by atoms with Crippen LogP contribution in [0.3, 0.4) is 0 Å². The van der Waals surface area contributed by atoms with E-state index in [0.717, 1.165) is 31.4 Å². The third kappa shape index (κ3) is 3.99. The summed E-state index contributed by atoms with van der Waals surface area (Å²) in [4.78, 5) is 2.53. The molecule has 0 saturated heterocycles. The van der Waals surface area contributed by atoms with E-state index < -0.39 is 0 Å². The number of benzene rings is 3. The first kappa shape index (κ1) is 26.6. The molecular weight excluding hydrogens is 558 g/mol. The summed E-state index contributed by atoms with van der Waals surface area (Å²) in [6.45, 7) is 0. The number of anilines is 1. The molecule has 0 N–H and O–H groups in total. The second-order valence-corrected chi connectivity index (χ2v) is 12.5. The maximum absolute atomic E-state index is 9.72. The quantitative estimate of drug-likeness (QED) is 0.209. The summed E-state index contributed by atoms with van der Waals surface area (Å²) in [6.07, 6.45) is 20.1. The van der Waals surface area contributed by atoms with E-state index in [1.54, 1.807) is 0 Å². The molecule has 0 bridgehead atoms. The summed E-state index contributed by atoms with van der Waals surface area (Å²) in [5, 5.41) is 12.2. The van der Waals surface area contributed by atoms with Crippen molar-refractivity contribution in [1.82, 2.24) is 4.57 Å². The Labute approximate surface area is 269 Å². The van der Waals surface area contributed by atoms with Crippen LogP contribution in [0.5, 0.6) is 0 Å². The molecule has 2 heterocycles. The van der Waals surface area contributed by atoms with E-state index >= 15 is 0 Å². The summed E-state index contributed by atoms with van der Waals surface area (Å²) >= 11 is 0. The number of aromatic nitrogens is 1. The molecule has 5 aromatic rings. The van der Waals surface area contributed by atoms with Crippen LogP contribution in [0.15, 0.2) is 144 Å². The lowest BCUT2D eigenvalue weighted by Crippen LogP contribution is -2.22. The Bertz CT molecular complexity index is 2280. The van der Waals surface area contributed by atoms with E-state index in [1.165, 1.54) is 61.2 Å². The Hall–Kier alpha value is -5.77. The smallest absolute Gasteiger partial charge is 0.0991 e. The summed E-state index contributed by atoms with van der Waals surface area (Å²) in [7, 11) is 0. The fourth-order valence-corrected chi connectivity index (χ4v) is 8.12. The number of nitrogens with zero attached hydrogens (tertiary/aromatic N) is 3. The number of rotatable bonds is 4. The van der Waals surface area contributed by atoms with Gasteiger partial charge in [0, 0.05) is 56.9 Å². The van der Waals surface area contributed by atoms with E-state index in [1.807, 2.05) is 18.2 Å². The highest BCUT2D eigenvalue weighted by Crippen LogP contribution is 2.52. The molecular formula is C43H31N3. The molecule has 2 unspecified atom stereocenters. The van der Waals surface area contributed by atoms with Gasteiger partial charge in [0.25, 0.3) is 0 Å². The van der Waals surface area contributed by atoms with Gasteiger partial charge in [0.2, 0.25) is 0 Å². The minimum absolute atomic E-state index is 0.121. The zero-order valence-corrected chi connectivity index (χ0v) is 25.4. The molecule has 1 aliphatic heterocycles. The normalized spacial score (nSPS) is 20.2. The average Bonchev–Trinajstić information content (AvgIpc) is 3.65. The van der Waals surface area contributed by atoms with Crippen molar-refractivity contribution in [3.05, 3.63) is 173 Å². The second-order valence-electron chi connectivity index (χ2n) is 12.5. The van der Waals surface area contributed by atoms with Gasteiger partial charge in [0.1, 0.15) is 0 Å². The molecule has 0 radical (unpaired) electrons. The minimum atomic E-state index is 0.121. The molecule has 0 amide bonds. The maximum atomic E-state index is 9.72. The molecule has 9 rings (SSSR count). The standard InChI is InChI=1S/C43H31N3/c44-28-29-13-10-14-30(27-29)32-17-4-7-24-39(32)46-41-26-9-6-19-34(41)36-21-12-23-38(43(36)46)37-22-11-20-35-33-18-5-8-25-40(33)45(42(35)37)31-15-2-1-3-16-31/h2,4-7,9-16,18-19,21-24,26-27,32,35H,8,17,20,25H2. The first-order valence-electron chi connectivity index (χ1n) is 16.2. The van der Waals surface area contributed by atoms with Gasteiger partial charge in [-0.15, -0.1) is 0 Å². The second kappa shape index (κ2) is 10.7. The number of fused-ring (bicyclic) bond motifs is 5. The summed E-state index contributed by atoms with van der Waals surface area (Å²) in [6, 6.07) is 38.6. The Morgan fingerprint density at radius 2 is 1.72 bits per heavy atom. The highest BCUT2D eigenvalue weighted by molar-refractivity contribution is 6.14. The van der Waals surface area contributed by atoms with Crippen molar-refractivity contribution in [2.24, 2.45) is 5.92 Å². The largest absolute Gasteiger partial charge is 0.316 e. The molecule has 1 aromatic heterocycles. The highest BCUT2D eigenvalue weighted by Gasteiger charge is 2.39. The minimum Gasteiger partial charge on any atom is -0.316 e. The lowest BCUT2D eigenvalue weighted by Gasteiger charge is -2.30. The predicted octanol–water partition coefficient (Wildman–Crippen LogP) is 10.3. The van der Waals surface area contributed by atoms with Crippen LogP contribution in [0.1, 0.15) is 48.3 Å². The molecule has 4 aromatic carbocycles. The number of allylic oxidation sites excluding steroid dienone is 11. The Kier molecular flexibility index (Phi) is 6.19. The number of hydrogen-bond acceptors (Lipinski definition) is 2. The molecule has 46 heavy (non-hydrogen) atoms. The summed E-state index contributed by atoms with van der Waals surface area (Å²) < 4.78 is 2.51. The van der Waals surface area contributed by atoms with E-state index in [9.17, 15) is 5.26 Å². The van der Waals surface area contributed by atoms with Crippen molar-refractivity contribution in [2.45, 2.75) is 31.6 Å². The van der Waals surface area contributed by atoms with Gasteiger partial charge in [-0.25, -0.2) is 0 Å². The van der Waals surface area contributed by atoms with Crippen molar-refractivity contribution >= 4 is 38.8 Å². The average molecular weight is 590 g/mol. The number of nitriles is 1. The van der Waals surface area contributed by atoms with Crippen LogP contribution in [0.25, 0.3) is 33.1 Å². The molecule has 0 saturated carbocycles. The van der Waals surface area contributed by atoms with Gasteiger partial charge in [-0.05, 0) is 73.2 Å². The van der Waals surface area contributed by atoms with Gasteiger partial charge < -0.3 is 9.47 Å². The van der Waals surface area contributed by atoms with Crippen LogP contribution in [-0.4, -0.2) is 4.57 Å². The van der Waals surface area contributed by atoms with Crippen LogP contribution in [0.4, 0.5) is 5.69 Å². The van der Waals surface area contributed by atoms with Gasteiger partial charge >= 0.3 is 0 Å². The van der Waals surface area contributed by atoms with E-state index in [2.05, 4.69) is 137 Å². The van der Waals surface area contributed by atoms with Crippen LogP contribution in [-0.2, 0) is 0 Å². The fraction of sp³-hybridized carbons (Fsp3) is 0.140. The monoisotopic (exact) mass is 589 g/mol. The lowest BCUT2D eigenvalue weighted by molar-refractivity contribution is 0.752. The number of hydrogen-bond donors (Lipinski definition) is 0. The molecule has 2 atom stereocenters. The predicted molar refractivity (Wildman–Crippen MR) is 188 cm³/mol. The van der Waals surface area contributed by atoms with E-state index in [4.69, 9.17) is 0 Å². The molecule has 3 nitrogen and oxygen atoms in total. The maximum Gasteiger partial charge on any atom is 0.0991 e. The third-order valence-electron chi connectivity index (χ3n) is 10.0. The Balaban J connectivity index is 1.33. The van der Waals surface area contributed by atoms with Gasteiger partial charge in [-0.3, -0.25) is 0 Å². The van der Waals surface area contributed by atoms with Crippen molar-refractivity contribution in [3.8, 4) is 6.07 Å². The Morgan fingerprint density at radius 1 is 0.826 bits per heavy atom. The van der Waals surface area contributed by atoms with Crippen LogP contribution in [0, 0.1) is 29.4 Å². The van der Waals surface area contributed by atoms with Crippen molar-refractivity contribution in [1.29, 1.82) is 5.26 Å². The molecule has 3 heteroatoms. The zero-order valence-electron chi connectivity index (χ0n) is 25.4. The van der Waals surface area contributed by atoms with Crippen LogP contribution in [0.2, 0.25) is 0 Å². The van der Waals surface area contributed by atoms with Crippen molar-refractivity contribution in [2.75, 3.05) is 4.90 Å². The van der Waals surface area contributed by atoms with Gasteiger partial charge in [0.15, 0.2) is 0 Å². The first-order valence-corrected chi connectivity index (χ1v) is 16.2. The Morgan fingerprint density at radius 3 is 2.63 bits per heavy atom. The van der Waals surface area contributed by atoms with Crippen molar-refractivity contribution < 1.29 is 0 Å². The van der Waals surface area contributed by atoms with Gasteiger partial charge in [-0.2, -0.15) is 5.26 Å². The first-order chi connectivity index (χ1) is 22.8. The highest BCUT2D eigenvalue weighted by atomic mass is 15.2. The van der Waals surface area contributed by atoms with Crippen LogP contribution < -0.4 is 4.90 Å². The van der Waals surface area contributed by atoms with Gasteiger partial charge in [0.05, 0.1) is 28.4 Å². The number of para-hydroxylation sites is 2. The molecule has 3 aliphatic carbocycles. The molecule has 0 spiro atoms. The molecule has 218 valence electrons. The van der Waals surface area contributed by atoms with Crippen molar-refractivity contribution in [3.63, 3.8) is 0 Å². The summed E-state index contributed by atoms with van der Waals surface area (Å²) in [5.74, 6) is 0.429. The van der Waals surface area contributed by atoms with E-state index in [0.29, 0.717) is 11.5 Å². The van der Waals surface area contributed by atoms with Crippen LogP contribution >= 0.6 is 0 Å². The van der Waals surface area contributed by atoms with Gasteiger partial charge in [-0.1, -0.05) is 97.1 Å². The summed E-state index contributed by atoms with van der Waals surface area (Å²) in [5.41, 5.74) is 13.4. The third-order valence-corrected chi connectivity index (χ3v) is 10.0. The zero-order chi connectivity index (χ0) is 30.6. The molecule has 4 aliphatic rings. The lowest BCUT2D eigenvalue weighted by atomic mass is 9.84.